The number of nitrogens with one attached hydrogen (secondary N) is 1. The predicted molar refractivity (Wildman–Crippen MR) is 116 cm³/mol. The van der Waals surface area contributed by atoms with Crippen molar-refractivity contribution < 1.29 is 4.74 Å². The van der Waals surface area contributed by atoms with Crippen LogP contribution in [0.15, 0.2) is 54.9 Å². The number of ether oxygens (including phenoxy) is 1. The summed E-state index contributed by atoms with van der Waals surface area (Å²) >= 11 is 0. The minimum absolute atomic E-state index is 0.712. The maximum absolute atomic E-state index is 5.25. The molecule has 1 fully saturated rings. The Kier molecular flexibility index (Phi) is 5.74. The van der Waals surface area contributed by atoms with Gasteiger partial charge in [0, 0.05) is 56.9 Å². The number of hydrogen-bond donors (Lipinski definition) is 1. The van der Waals surface area contributed by atoms with Crippen molar-refractivity contribution in [1.82, 2.24) is 15.0 Å². The van der Waals surface area contributed by atoms with E-state index in [9.17, 15) is 0 Å². The lowest BCUT2D eigenvalue weighted by Crippen LogP contribution is -2.46. The standard InChI is InChI=1S/C22H26N6O/c1-17-25-21(24-16-18-7-9-23-10-8-18)15-22(26-17)28-13-11-27(12-14-28)19-3-5-20(29-2)6-4-19/h3-10,15H,11-14,16H2,1-2H3,(H,24,25,26). The highest BCUT2D eigenvalue weighted by Crippen LogP contribution is 2.23. The molecule has 150 valence electrons. The number of hydrogen-bond acceptors (Lipinski definition) is 7. The van der Waals surface area contributed by atoms with Crippen molar-refractivity contribution in [3.05, 3.63) is 66.2 Å². The smallest absolute Gasteiger partial charge is 0.134 e. The lowest BCUT2D eigenvalue weighted by Gasteiger charge is -2.37. The monoisotopic (exact) mass is 390 g/mol. The molecule has 3 heterocycles. The van der Waals surface area contributed by atoms with E-state index in [2.05, 4.69) is 42.2 Å². The van der Waals surface area contributed by atoms with Gasteiger partial charge in [-0.1, -0.05) is 0 Å². The number of aryl methyl sites for hydroxylation is 1. The first-order chi connectivity index (χ1) is 14.2. The van der Waals surface area contributed by atoms with E-state index in [4.69, 9.17) is 4.74 Å². The minimum Gasteiger partial charge on any atom is -0.497 e. The number of pyridine rings is 1. The molecule has 0 unspecified atom stereocenters. The molecular weight excluding hydrogens is 364 g/mol. The predicted octanol–water partition coefficient (Wildman–Crippen LogP) is 3.13. The van der Waals surface area contributed by atoms with E-state index >= 15 is 0 Å². The summed E-state index contributed by atoms with van der Waals surface area (Å²) in [6, 6.07) is 14.3. The summed E-state index contributed by atoms with van der Waals surface area (Å²) in [6.45, 7) is 6.40. The van der Waals surface area contributed by atoms with Crippen LogP contribution in [0.4, 0.5) is 17.3 Å². The van der Waals surface area contributed by atoms with Gasteiger partial charge in [0.15, 0.2) is 0 Å². The molecule has 1 saturated heterocycles. The number of piperazine rings is 1. The van der Waals surface area contributed by atoms with Crippen molar-refractivity contribution in [3.63, 3.8) is 0 Å². The topological polar surface area (TPSA) is 66.4 Å². The first kappa shape index (κ1) is 19.0. The van der Waals surface area contributed by atoms with E-state index in [1.807, 2.05) is 37.3 Å². The molecule has 4 rings (SSSR count). The quantitative estimate of drug-likeness (QED) is 0.694. The Labute approximate surface area is 171 Å². The summed E-state index contributed by atoms with van der Waals surface area (Å²) in [7, 11) is 1.69. The molecule has 7 nitrogen and oxygen atoms in total. The van der Waals surface area contributed by atoms with Crippen LogP contribution in [0.2, 0.25) is 0 Å². The highest BCUT2D eigenvalue weighted by Gasteiger charge is 2.19. The van der Waals surface area contributed by atoms with Crippen molar-refractivity contribution in [3.8, 4) is 5.75 Å². The molecule has 0 atom stereocenters. The number of benzene rings is 1. The Hall–Kier alpha value is -3.35. The minimum atomic E-state index is 0.712. The zero-order chi connectivity index (χ0) is 20.1. The van der Waals surface area contributed by atoms with Gasteiger partial charge in [-0.2, -0.15) is 0 Å². The Bertz CT molecular complexity index is 924. The number of aromatic nitrogens is 3. The highest BCUT2D eigenvalue weighted by molar-refractivity contribution is 5.53. The van der Waals surface area contributed by atoms with Crippen molar-refractivity contribution in [1.29, 1.82) is 0 Å². The molecule has 0 spiro atoms. The number of nitrogens with zero attached hydrogens (tertiary/aromatic N) is 5. The van der Waals surface area contributed by atoms with Crippen LogP contribution in [0, 0.1) is 6.92 Å². The molecule has 1 aliphatic rings. The molecule has 2 aromatic heterocycles. The van der Waals surface area contributed by atoms with Crippen LogP contribution in [0.1, 0.15) is 11.4 Å². The molecule has 7 heteroatoms. The molecule has 1 aromatic carbocycles. The van der Waals surface area contributed by atoms with Crippen molar-refractivity contribution >= 4 is 17.3 Å². The van der Waals surface area contributed by atoms with Crippen molar-refractivity contribution in [2.24, 2.45) is 0 Å². The van der Waals surface area contributed by atoms with Crippen molar-refractivity contribution in [2.45, 2.75) is 13.5 Å². The third-order valence-corrected chi connectivity index (χ3v) is 5.09. The van der Waals surface area contributed by atoms with Gasteiger partial charge < -0.3 is 19.9 Å². The first-order valence-corrected chi connectivity index (χ1v) is 9.84. The molecule has 0 saturated carbocycles. The summed E-state index contributed by atoms with van der Waals surface area (Å²) in [5, 5.41) is 3.40. The molecule has 0 amide bonds. The summed E-state index contributed by atoms with van der Waals surface area (Å²) in [6.07, 6.45) is 3.60. The van der Waals surface area contributed by atoms with Gasteiger partial charge in [-0.05, 0) is 48.9 Å². The second kappa shape index (κ2) is 8.77. The lowest BCUT2D eigenvalue weighted by atomic mass is 10.2. The Morgan fingerprint density at radius 1 is 0.931 bits per heavy atom. The lowest BCUT2D eigenvalue weighted by molar-refractivity contribution is 0.415. The third-order valence-electron chi connectivity index (χ3n) is 5.09. The fraction of sp³-hybridized carbons (Fsp3) is 0.318. The molecule has 0 aliphatic carbocycles. The molecule has 0 bridgehead atoms. The first-order valence-electron chi connectivity index (χ1n) is 9.84. The molecular formula is C22H26N6O. The normalized spacial score (nSPS) is 14.0. The maximum Gasteiger partial charge on any atom is 0.134 e. The number of anilines is 3. The summed E-state index contributed by atoms with van der Waals surface area (Å²) in [5.41, 5.74) is 2.40. The molecule has 3 aromatic rings. The number of rotatable bonds is 6. The van der Waals surface area contributed by atoms with Gasteiger partial charge in [-0.3, -0.25) is 4.98 Å². The van der Waals surface area contributed by atoms with E-state index in [0.717, 1.165) is 49.4 Å². The summed E-state index contributed by atoms with van der Waals surface area (Å²) in [4.78, 5) is 18.0. The summed E-state index contributed by atoms with van der Waals surface area (Å²) < 4.78 is 5.25. The van der Waals surface area contributed by atoms with Crippen LogP contribution in [0.5, 0.6) is 5.75 Å². The number of methoxy groups -OCH3 is 1. The molecule has 29 heavy (non-hydrogen) atoms. The zero-order valence-electron chi connectivity index (χ0n) is 16.9. The highest BCUT2D eigenvalue weighted by atomic mass is 16.5. The van der Waals surface area contributed by atoms with E-state index in [1.54, 1.807) is 19.5 Å². The average molecular weight is 390 g/mol. The van der Waals surface area contributed by atoms with Crippen LogP contribution in [0.25, 0.3) is 0 Å². The third kappa shape index (κ3) is 4.74. The second-order valence-electron chi connectivity index (χ2n) is 7.04. The van der Waals surface area contributed by atoms with Gasteiger partial charge in [0.2, 0.25) is 0 Å². The van der Waals surface area contributed by atoms with E-state index in [-0.39, 0.29) is 0 Å². The van der Waals surface area contributed by atoms with Crippen LogP contribution in [-0.4, -0.2) is 48.2 Å². The van der Waals surface area contributed by atoms with Gasteiger partial charge in [0.05, 0.1) is 7.11 Å². The van der Waals surface area contributed by atoms with Gasteiger partial charge in [0.25, 0.3) is 0 Å². The van der Waals surface area contributed by atoms with Crippen molar-refractivity contribution in [2.75, 3.05) is 48.4 Å². The van der Waals surface area contributed by atoms with E-state index in [1.165, 1.54) is 11.3 Å². The fourth-order valence-corrected chi connectivity index (χ4v) is 3.48. The van der Waals surface area contributed by atoms with Gasteiger partial charge >= 0.3 is 0 Å². The van der Waals surface area contributed by atoms with Crippen LogP contribution in [-0.2, 0) is 6.54 Å². The fourth-order valence-electron chi connectivity index (χ4n) is 3.48. The maximum atomic E-state index is 5.25. The van der Waals surface area contributed by atoms with Crippen LogP contribution < -0.4 is 19.9 Å². The largest absolute Gasteiger partial charge is 0.497 e. The summed E-state index contributed by atoms with van der Waals surface area (Å²) in [5.74, 6) is 3.49. The Morgan fingerprint density at radius 3 is 2.31 bits per heavy atom. The van der Waals surface area contributed by atoms with Gasteiger partial charge in [-0.15, -0.1) is 0 Å². The zero-order valence-corrected chi connectivity index (χ0v) is 16.9. The van der Waals surface area contributed by atoms with Crippen LogP contribution in [0.3, 0.4) is 0 Å². The SMILES string of the molecule is COc1ccc(N2CCN(c3cc(NCc4ccncc4)nc(C)n3)CC2)cc1. The Balaban J connectivity index is 1.39. The van der Waals surface area contributed by atoms with E-state index < -0.39 is 0 Å². The van der Waals surface area contributed by atoms with Crippen LogP contribution >= 0.6 is 0 Å². The average Bonchev–Trinajstić information content (AvgIpc) is 2.78. The molecule has 1 aliphatic heterocycles. The molecule has 0 radical (unpaired) electrons. The second-order valence-corrected chi connectivity index (χ2v) is 7.04. The van der Waals surface area contributed by atoms with Gasteiger partial charge in [-0.25, -0.2) is 9.97 Å². The Morgan fingerprint density at radius 2 is 1.62 bits per heavy atom. The molecule has 1 N–H and O–H groups in total. The van der Waals surface area contributed by atoms with Gasteiger partial charge in [0.1, 0.15) is 23.2 Å². The van der Waals surface area contributed by atoms with E-state index in [0.29, 0.717) is 6.54 Å².